The normalized spacial score (nSPS) is 20.3. The number of rotatable bonds is 2. The third kappa shape index (κ3) is 1.56. The molecule has 7 heteroatoms. The van der Waals surface area contributed by atoms with Crippen LogP contribution in [0.2, 0.25) is 0 Å². The summed E-state index contributed by atoms with van der Waals surface area (Å²) < 4.78 is 1.37. The number of carbonyl (C=O) groups is 1. The van der Waals surface area contributed by atoms with Gasteiger partial charge in [-0.15, -0.1) is 0 Å². The molecule has 2 heterocycles. The van der Waals surface area contributed by atoms with Crippen molar-refractivity contribution in [2.24, 2.45) is 0 Å². The molecule has 1 N–H and O–H groups in total. The molecule has 0 saturated carbocycles. The van der Waals surface area contributed by atoms with Crippen LogP contribution in [0.4, 0.5) is 5.69 Å². The van der Waals surface area contributed by atoms with Crippen molar-refractivity contribution in [3.63, 3.8) is 0 Å². The minimum absolute atomic E-state index is 0.0466. The van der Waals surface area contributed by atoms with Crippen LogP contribution < -0.4 is 5.32 Å². The molecule has 0 aliphatic carbocycles. The van der Waals surface area contributed by atoms with Gasteiger partial charge in [-0.2, -0.15) is 5.10 Å². The average molecular weight is 210 g/mol. The topological polar surface area (TPSA) is 90.1 Å². The molecular formula is C8H10N4O3. The molecular weight excluding hydrogens is 200 g/mol. The number of nitrogens with zero attached hydrogens (tertiary/aromatic N) is 3. The zero-order valence-corrected chi connectivity index (χ0v) is 8.14. The number of nitro groups is 1. The SMILES string of the molecule is Cc1nn(C2CCNC2=O)cc1[N+](=O)[O-]. The van der Waals surface area contributed by atoms with E-state index in [4.69, 9.17) is 0 Å². The van der Waals surface area contributed by atoms with E-state index >= 15 is 0 Å². The van der Waals surface area contributed by atoms with E-state index in [0.29, 0.717) is 18.7 Å². The lowest BCUT2D eigenvalue weighted by Gasteiger charge is -2.05. The summed E-state index contributed by atoms with van der Waals surface area (Å²) in [5.41, 5.74) is 0.286. The average Bonchev–Trinajstić information content (AvgIpc) is 2.71. The predicted molar refractivity (Wildman–Crippen MR) is 50.3 cm³/mol. The van der Waals surface area contributed by atoms with Gasteiger partial charge in [0.2, 0.25) is 5.91 Å². The third-order valence-electron chi connectivity index (χ3n) is 2.43. The minimum Gasteiger partial charge on any atom is -0.354 e. The Morgan fingerprint density at radius 3 is 2.93 bits per heavy atom. The fourth-order valence-electron chi connectivity index (χ4n) is 1.64. The van der Waals surface area contributed by atoms with Gasteiger partial charge in [-0.3, -0.25) is 19.6 Å². The summed E-state index contributed by atoms with van der Waals surface area (Å²) in [5.74, 6) is -0.132. The maximum Gasteiger partial charge on any atom is 0.309 e. The van der Waals surface area contributed by atoms with Crippen molar-refractivity contribution in [3.8, 4) is 0 Å². The summed E-state index contributed by atoms with van der Waals surface area (Å²) in [6, 6.07) is -0.405. The molecule has 7 nitrogen and oxygen atoms in total. The molecule has 0 aromatic carbocycles. The summed E-state index contributed by atoms with van der Waals surface area (Å²) in [4.78, 5) is 21.4. The second-order valence-corrected chi connectivity index (χ2v) is 3.43. The van der Waals surface area contributed by atoms with Crippen LogP contribution in [0.1, 0.15) is 18.2 Å². The molecule has 15 heavy (non-hydrogen) atoms. The number of hydrogen-bond acceptors (Lipinski definition) is 4. The molecule has 2 rings (SSSR count). The van der Waals surface area contributed by atoms with E-state index in [-0.39, 0.29) is 11.6 Å². The predicted octanol–water partition coefficient (Wildman–Crippen LogP) is 0.161. The van der Waals surface area contributed by atoms with Crippen molar-refractivity contribution in [2.75, 3.05) is 6.54 Å². The van der Waals surface area contributed by atoms with Gasteiger partial charge in [-0.1, -0.05) is 0 Å². The molecule has 0 bridgehead atoms. The third-order valence-corrected chi connectivity index (χ3v) is 2.43. The van der Waals surface area contributed by atoms with Crippen molar-refractivity contribution in [3.05, 3.63) is 22.0 Å². The van der Waals surface area contributed by atoms with Crippen LogP contribution in [0.15, 0.2) is 6.20 Å². The molecule has 0 radical (unpaired) electrons. The highest BCUT2D eigenvalue weighted by Crippen LogP contribution is 2.21. The van der Waals surface area contributed by atoms with Crippen LogP contribution in [-0.2, 0) is 4.79 Å². The number of nitrogens with one attached hydrogen (secondary N) is 1. The number of carbonyl (C=O) groups excluding carboxylic acids is 1. The molecule has 1 aromatic rings. The highest BCUT2D eigenvalue weighted by Gasteiger charge is 2.29. The first-order valence-electron chi connectivity index (χ1n) is 4.57. The molecule has 1 atom stereocenters. The fourth-order valence-corrected chi connectivity index (χ4v) is 1.64. The van der Waals surface area contributed by atoms with Gasteiger partial charge >= 0.3 is 5.69 Å². The Morgan fingerprint density at radius 2 is 2.47 bits per heavy atom. The summed E-state index contributed by atoms with van der Waals surface area (Å²) in [7, 11) is 0. The smallest absolute Gasteiger partial charge is 0.309 e. The molecule has 80 valence electrons. The lowest BCUT2D eigenvalue weighted by molar-refractivity contribution is -0.385. The Hall–Kier alpha value is -1.92. The van der Waals surface area contributed by atoms with E-state index in [0.717, 1.165) is 0 Å². The Labute approximate surface area is 85.2 Å². The van der Waals surface area contributed by atoms with Gasteiger partial charge in [0.25, 0.3) is 0 Å². The van der Waals surface area contributed by atoms with Gasteiger partial charge in [0.15, 0.2) is 0 Å². The zero-order valence-electron chi connectivity index (χ0n) is 8.14. The molecule has 1 aliphatic heterocycles. The number of amides is 1. The first-order valence-corrected chi connectivity index (χ1v) is 4.57. The van der Waals surface area contributed by atoms with Crippen molar-refractivity contribution >= 4 is 11.6 Å². The standard InChI is InChI=1S/C8H10N4O3/c1-5-7(12(14)15)4-11(10-5)6-2-3-9-8(6)13/h4,6H,2-3H2,1H3,(H,9,13). The van der Waals surface area contributed by atoms with Gasteiger partial charge in [0.1, 0.15) is 17.9 Å². The van der Waals surface area contributed by atoms with Crippen LogP contribution in [0.5, 0.6) is 0 Å². The quantitative estimate of drug-likeness (QED) is 0.556. The fraction of sp³-hybridized carbons (Fsp3) is 0.500. The lowest BCUT2D eigenvalue weighted by atomic mass is 10.2. The molecule has 0 spiro atoms. The van der Waals surface area contributed by atoms with Crippen molar-refractivity contribution in [1.29, 1.82) is 0 Å². The monoisotopic (exact) mass is 210 g/mol. The van der Waals surface area contributed by atoms with Gasteiger partial charge in [0, 0.05) is 6.54 Å². The van der Waals surface area contributed by atoms with Crippen LogP contribution >= 0.6 is 0 Å². The minimum atomic E-state index is -0.494. The Bertz CT molecular complexity index is 426. The summed E-state index contributed by atoms with van der Waals surface area (Å²) in [5, 5.41) is 17.2. The molecule has 1 amide bonds. The van der Waals surface area contributed by atoms with Crippen LogP contribution in [-0.4, -0.2) is 27.2 Å². The van der Waals surface area contributed by atoms with Crippen LogP contribution in [0.3, 0.4) is 0 Å². The van der Waals surface area contributed by atoms with E-state index in [2.05, 4.69) is 10.4 Å². The van der Waals surface area contributed by atoms with E-state index < -0.39 is 11.0 Å². The Balaban J connectivity index is 2.33. The van der Waals surface area contributed by atoms with Gasteiger partial charge in [-0.05, 0) is 13.3 Å². The number of aromatic nitrogens is 2. The molecule has 1 unspecified atom stereocenters. The van der Waals surface area contributed by atoms with Crippen molar-refractivity contribution in [2.45, 2.75) is 19.4 Å². The maximum atomic E-state index is 11.3. The van der Waals surface area contributed by atoms with E-state index in [9.17, 15) is 14.9 Å². The van der Waals surface area contributed by atoms with Crippen LogP contribution in [0, 0.1) is 17.0 Å². The van der Waals surface area contributed by atoms with E-state index in [1.54, 1.807) is 6.92 Å². The maximum absolute atomic E-state index is 11.3. The first-order chi connectivity index (χ1) is 7.09. The molecule has 1 fully saturated rings. The largest absolute Gasteiger partial charge is 0.354 e. The lowest BCUT2D eigenvalue weighted by Crippen LogP contribution is -2.22. The van der Waals surface area contributed by atoms with Gasteiger partial charge in [0.05, 0.1) is 4.92 Å². The summed E-state index contributed by atoms with van der Waals surface area (Å²) in [6.07, 6.45) is 1.93. The highest BCUT2D eigenvalue weighted by molar-refractivity contribution is 5.82. The first kappa shape index (κ1) is 9.63. The Kier molecular flexibility index (Phi) is 2.14. The summed E-state index contributed by atoms with van der Waals surface area (Å²) >= 11 is 0. The van der Waals surface area contributed by atoms with Gasteiger partial charge in [-0.25, -0.2) is 0 Å². The number of hydrogen-bond donors (Lipinski definition) is 1. The molecule has 1 aliphatic rings. The molecule has 1 aromatic heterocycles. The van der Waals surface area contributed by atoms with Crippen LogP contribution in [0.25, 0.3) is 0 Å². The van der Waals surface area contributed by atoms with Crippen molar-refractivity contribution in [1.82, 2.24) is 15.1 Å². The van der Waals surface area contributed by atoms with Crippen molar-refractivity contribution < 1.29 is 9.72 Å². The van der Waals surface area contributed by atoms with E-state index in [1.165, 1.54) is 10.9 Å². The Morgan fingerprint density at radius 1 is 1.73 bits per heavy atom. The second-order valence-electron chi connectivity index (χ2n) is 3.43. The second kappa shape index (κ2) is 3.34. The molecule has 1 saturated heterocycles. The highest BCUT2D eigenvalue weighted by atomic mass is 16.6. The zero-order chi connectivity index (χ0) is 11.0. The van der Waals surface area contributed by atoms with E-state index in [1.807, 2.05) is 0 Å². The summed E-state index contributed by atoms with van der Waals surface area (Å²) in [6.45, 7) is 2.15. The van der Waals surface area contributed by atoms with Gasteiger partial charge < -0.3 is 5.32 Å². The number of aryl methyl sites for hydroxylation is 1.